The van der Waals surface area contributed by atoms with Crippen molar-refractivity contribution in [3.05, 3.63) is 59.2 Å². The minimum atomic E-state index is -4.13. The first kappa shape index (κ1) is 18.5. The Morgan fingerprint density at radius 1 is 1.00 bits per heavy atom. The lowest BCUT2D eigenvalue weighted by Gasteiger charge is -2.24. The normalized spacial score (nSPS) is 11.1. The maximum atomic E-state index is 13.0. The molecule has 25 heavy (non-hydrogen) atoms. The number of nitrogens with zero attached hydrogens (tertiary/aromatic N) is 1. The van der Waals surface area contributed by atoms with Gasteiger partial charge in [0.05, 0.1) is 21.7 Å². The number of sulfonamides is 1. The van der Waals surface area contributed by atoms with Crippen molar-refractivity contribution in [1.29, 1.82) is 0 Å². The van der Waals surface area contributed by atoms with Crippen molar-refractivity contribution in [2.45, 2.75) is 18.7 Å². The number of hydrogen-bond donors (Lipinski definition) is 2. The Balaban J connectivity index is 2.64. The highest BCUT2D eigenvalue weighted by molar-refractivity contribution is 7.92. The SMILES string of the molecule is CCN(c1ccccc1C(=O)O)S(=O)(=O)c1ccc(C)c(C(=O)O)c1. The van der Waals surface area contributed by atoms with Crippen LogP contribution in [0.5, 0.6) is 0 Å². The van der Waals surface area contributed by atoms with Gasteiger partial charge in [0.2, 0.25) is 0 Å². The number of anilines is 1. The summed E-state index contributed by atoms with van der Waals surface area (Å²) in [5.74, 6) is -2.48. The molecule has 0 unspecified atom stereocenters. The van der Waals surface area contributed by atoms with Crippen molar-refractivity contribution in [2.75, 3.05) is 10.8 Å². The summed E-state index contributed by atoms with van der Waals surface area (Å²) in [6.07, 6.45) is 0. The van der Waals surface area contributed by atoms with E-state index < -0.39 is 22.0 Å². The van der Waals surface area contributed by atoms with E-state index in [1.807, 2.05) is 0 Å². The molecule has 7 nitrogen and oxygen atoms in total. The van der Waals surface area contributed by atoms with Crippen LogP contribution < -0.4 is 4.31 Å². The molecule has 0 radical (unpaired) electrons. The summed E-state index contributed by atoms with van der Waals surface area (Å²) in [7, 11) is -4.13. The minimum absolute atomic E-state index is 0.0110. The number of aromatic carboxylic acids is 2. The van der Waals surface area contributed by atoms with Crippen LogP contribution >= 0.6 is 0 Å². The molecule has 0 aliphatic heterocycles. The Morgan fingerprint density at radius 2 is 1.60 bits per heavy atom. The molecule has 0 saturated carbocycles. The lowest BCUT2D eigenvalue weighted by atomic mass is 10.1. The molecular weight excluding hydrogens is 346 g/mol. The summed E-state index contributed by atoms with van der Waals surface area (Å²) in [5, 5.41) is 18.5. The Morgan fingerprint density at radius 3 is 2.16 bits per heavy atom. The quantitative estimate of drug-likeness (QED) is 0.816. The zero-order chi connectivity index (χ0) is 18.8. The van der Waals surface area contributed by atoms with Crippen molar-refractivity contribution in [2.24, 2.45) is 0 Å². The fourth-order valence-corrected chi connectivity index (χ4v) is 3.98. The monoisotopic (exact) mass is 363 g/mol. The first-order chi connectivity index (χ1) is 11.7. The molecule has 0 amide bonds. The number of carboxylic acid groups (broad SMARTS) is 2. The average molecular weight is 363 g/mol. The molecule has 0 bridgehead atoms. The van der Waals surface area contributed by atoms with E-state index in [9.17, 15) is 28.2 Å². The van der Waals surface area contributed by atoms with Crippen molar-refractivity contribution in [1.82, 2.24) is 0 Å². The van der Waals surface area contributed by atoms with Crippen molar-refractivity contribution in [3.8, 4) is 0 Å². The Bertz CT molecular complexity index is 936. The van der Waals surface area contributed by atoms with Gasteiger partial charge in [0.15, 0.2) is 0 Å². The number of hydrogen-bond acceptors (Lipinski definition) is 4. The smallest absolute Gasteiger partial charge is 0.337 e. The molecule has 0 saturated heterocycles. The van der Waals surface area contributed by atoms with Crippen LogP contribution in [-0.2, 0) is 10.0 Å². The fourth-order valence-electron chi connectivity index (χ4n) is 2.46. The third-order valence-electron chi connectivity index (χ3n) is 3.72. The van der Waals surface area contributed by atoms with Crippen LogP contribution in [0.1, 0.15) is 33.2 Å². The number of carboxylic acids is 2. The summed E-state index contributed by atoms with van der Waals surface area (Å²) in [4.78, 5) is 22.5. The van der Waals surface area contributed by atoms with Gasteiger partial charge in [-0.1, -0.05) is 18.2 Å². The highest BCUT2D eigenvalue weighted by Gasteiger charge is 2.28. The maximum Gasteiger partial charge on any atom is 0.337 e. The molecule has 0 heterocycles. The van der Waals surface area contributed by atoms with Gasteiger partial charge in [-0.05, 0) is 43.7 Å². The van der Waals surface area contributed by atoms with Gasteiger partial charge >= 0.3 is 11.9 Å². The number of rotatable bonds is 6. The Kier molecular flexibility index (Phi) is 5.13. The molecule has 8 heteroatoms. The zero-order valence-corrected chi connectivity index (χ0v) is 14.4. The first-order valence-corrected chi connectivity index (χ1v) is 8.83. The van der Waals surface area contributed by atoms with E-state index in [-0.39, 0.29) is 28.3 Å². The number of benzene rings is 2. The predicted molar refractivity (Wildman–Crippen MR) is 91.7 cm³/mol. The fraction of sp³-hybridized carbons (Fsp3) is 0.176. The van der Waals surface area contributed by atoms with Crippen LogP contribution in [0.25, 0.3) is 0 Å². The highest BCUT2D eigenvalue weighted by Crippen LogP contribution is 2.28. The van der Waals surface area contributed by atoms with Crippen molar-refractivity contribution < 1.29 is 28.2 Å². The van der Waals surface area contributed by atoms with E-state index in [4.69, 9.17) is 0 Å². The maximum absolute atomic E-state index is 13.0. The number of carbonyl (C=O) groups is 2. The highest BCUT2D eigenvalue weighted by atomic mass is 32.2. The van der Waals surface area contributed by atoms with E-state index in [1.54, 1.807) is 13.8 Å². The topological polar surface area (TPSA) is 112 Å². The molecule has 2 N–H and O–H groups in total. The van der Waals surface area contributed by atoms with Gasteiger partial charge in [-0.25, -0.2) is 18.0 Å². The summed E-state index contributed by atoms with van der Waals surface area (Å²) in [6.45, 7) is 3.13. The average Bonchev–Trinajstić information content (AvgIpc) is 2.55. The molecule has 0 fully saturated rings. The van der Waals surface area contributed by atoms with E-state index in [2.05, 4.69) is 0 Å². The van der Waals surface area contributed by atoms with Crippen LogP contribution in [0.2, 0.25) is 0 Å². The van der Waals surface area contributed by atoms with Gasteiger partial charge in [-0.2, -0.15) is 0 Å². The first-order valence-electron chi connectivity index (χ1n) is 7.39. The zero-order valence-electron chi connectivity index (χ0n) is 13.6. The molecule has 0 aliphatic carbocycles. The minimum Gasteiger partial charge on any atom is -0.478 e. The van der Waals surface area contributed by atoms with Crippen LogP contribution in [0, 0.1) is 6.92 Å². The third-order valence-corrected chi connectivity index (χ3v) is 5.60. The summed E-state index contributed by atoms with van der Waals surface area (Å²) in [5.41, 5.74) is 0.178. The molecule has 2 aromatic rings. The second-order valence-corrected chi connectivity index (χ2v) is 7.14. The van der Waals surface area contributed by atoms with Crippen molar-refractivity contribution in [3.63, 3.8) is 0 Å². The molecule has 132 valence electrons. The molecule has 0 aliphatic rings. The van der Waals surface area contributed by atoms with E-state index in [0.29, 0.717) is 5.56 Å². The molecule has 0 atom stereocenters. The Labute approximate surface area is 145 Å². The van der Waals surface area contributed by atoms with Crippen LogP contribution in [0.4, 0.5) is 5.69 Å². The second-order valence-electron chi connectivity index (χ2n) is 5.27. The van der Waals surface area contributed by atoms with Gasteiger partial charge in [0.1, 0.15) is 0 Å². The lowest BCUT2D eigenvalue weighted by molar-refractivity contribution is 0.0686. The molecule has 2 rings (SSSR count). The van der Waals surface area contributed by atoms with E-state index in [0.717, 1.165) is 10.4 Å². The van der Waals surface area contributed by atoms with Gasteiger partial charge in [-0.3, -0.25) is 4.31 Å². The van der Waals surface area contributed by atoms with Crippen LogP contribution in [0.3, 0.4) is 0 Å². The van der Waals surface area contributed by atoms with Gasteiger partial charge < -0.3 is 10.2 Å². The molecule has 0 aromatic heterocycles. The number of aryl methyl sites for hydroxylation is 1. The Hall–Kier alpha value is -2.87. The van der Waals surface area contributed by atoms with Crippen LogP contribution in [-0.4, -0.2) is 37.1 Å². The molecule has 0 spiro atoms. The molecule has 2 aromatic carbocycles. The lowest BCUT2D eigenvalue weighted by Crippen LogP contribution is -2.32. The third kappa shape index (κ3) is 3.48. The predicted octanol–water partition coefficient (Wildman–Crippen LogP) is 2.61. The summed E-state index contributed by atoms with van der Waals surface area (Å²) >= 11 is 0. The standard InChI is InChI=1S/C17H17NO6S/c1-3-18(15-7-5-4-6-13(15)16(19)20)25(23,24)12-9-8-11(2)14(10-12)17(21)22/h4-10H,3H2,1-2H3,(H,19,20)(H,21,22). The van der Waals surface area contributed by atoms with E-state index >= 15 is 0 Å². The van der Waals surface area contributed by atoms with Gasteiger partial charge in [0, 0.05) is 6.54 Å². The van der Waals surface area contributed by atoms with Crippen molar-refractivity contribution >= 4 is 27.6 Å². The number of para-hydroxylation sites is 1. The molecular formula is C17H17NO6S. The van der Waals surface area contributed by atoms with Gasteiger partial charge in [-0.15, -0.1) is 0 Å². The second kappa shape index (κ2) is 6.94. The summed E-state index contributed by atoms with van der Waals surface area (Å²) < 4.78 is 26.9. The summed E-state index contributed by atoms with van der Waals surface area (Å²) in [6, 6.07) is 9.56. The largest absolute Gasteiger partial charge is 0.478 e. The van der Waals surface area contributed by atoms with E-state index in [1.165, 1.54) is 36.4 Å². The van der Waals surface area contributed by atoms with Crippen LogP contribution in [0.15, 0.2) is 47.4 Å². The van der Waals surface area contributed by atoms with Gasteiger partial charge in [0.25, 0.3) is 10.0 Å².